The predicted octanol–water partition coefficient (Wildman–Crippen LogP) is 2.07. The third-order valence-corrected chi connectivity index (χ3v) is 5.55. The van der Waals surface area contributed by atoms with E-state index < -0.39 is 16.6 Å². The molecular weight excluding hydrogens is 418 g/mol. The number of ether oxygens (including phenoxy) is 2. The highest BCUT2D eigenvalue weighted by Gasteiger charge is 2.12. The molecule has 0 atom stereocenters. The minimum atomic E-state index is -3.49. The number of hydrogen-bond acceptors (Lipinski definition) is 5. The standard InChI is InChI=1S/C19H24F2N4O4S/c1-22-19(24-11-13-4-7-16(8-5-13)30(26,27)23-2)25-12-14-10-15(28-3)6-9-17(14)29-18(20)21/h4-10,18,23H,11-12H2,1-3H3,(H2,22,24,25). The Labute approximate surface area is 174 Å². The smallest absolute Gasteiger partial charge is 0.387 e. The molecule has 0 radical (unpaired) electrons. The van der Waals surface area contributed by atoms with Crippen LogP contribution in [0.1, 0.15) is 11.1 Å². The zero-order valence-electron chi connectivity index (χ0n) is 16.8. The van der Waals surface area contributed by atoms with E-state index in [1.807, 2.05) is 0 Å². The largest absolute Gasteiger partial charge is 0.497 e. The van der Waals surface area contributed by atoms with Gasteiger partial charge in [-0.2, -0.15) is 8.78 Å². The second-order valence-electron chi connectivity index (χ2n) is 5.98. The van der Waals surface area contributed by atoms with Gasteiger partial charge in [0.1, 0.15) is 11.5 Å². The molecule has 0 aliphatic rings. The fourth-order valence-corrected chi connectivity index (χ4v) is 3.25. The van der Waals surface area contributed by atoms with Gasteiger partial charge in [-0.15, -0.1) is 0 Å². The Morgan fingerprint density at radius 1 is 1.10 bits per heavy atom. The molecule has 0 heterocycles. The lowest BCUT2D eigenvalue weighted by Gasteiger charge is -2.15. The topological polar surface area (TPSA) is 101 Å². The van der Waals surface area contributed by atoms with Gasteiger partial charge in [-0.05, 0) is 42.9 Å². The van der Waals surface area contributed by atoms with Crippen molar-refractivity contribution in [3.8, 4) is 11.5 Å². The number of methoxy groups -OCH3 is 1. The molecule has 0 aliphatic carbocycles. The van der Waals surface area contributed by atoms with Crippen LogP contribution in [0.2, 0.25) is 0 Å². The molecule has 0 amide bonds. The number of guanidine groups is 1. The van der Waals surface area contributed by atoms with Gasteiger partial charge in [0, 0.05) is 25.7 Å². The van der Waals surface area contributed by atoms with Crippen LogP contribution in [0.5, 0.6) is 11.5 Å². The quantitative estimate of drug-likeness (QED) is 0.406. The van der Waals surface area contributed by atoms with Crippen LogP contribution in [0.25, 0.3) is 0 Å². The summed E-state index contributed by atoms with van der Waals surface area (Å²) < 4.78 is 60.7. The van der Waals surface area contributed by atoms with Gasteiger partial charge in [-0.25, -0.2) is 13.1 Å². The van der Waals surface area contributed by atoms with Gasteiger partial charge in [0.2, 0.25) is 10.0 Å². The van der Waals surface area contributed by atoms with Crippen LogP contribution in [-0.2, 0) is 23.1 Å². The van der Waals surface area contributed by atoms with E-state index in [9.17, 15) is 17.2 Å². The van der Waals surface area contributed by atoms with Crippen molar-refractivity contribution < 1.29 is 26.7 Å². The third-order valence-electron chi connectivity index (χ3n) is 4.12. The van der Waals surface area contributed by atoms with E-state index in [-0.39, 0.29) is 17.2 Å². The van der Waals surface area contributed by atoms with E-state index in [0.29, 0.717) is 23.8 Å². The molecule has 11 heteroatoms. The molecular formula is C19H24F2N4O4S. The summed E-state index contributed by atoms with van der Waals surface area (Å²) in [6, 6.07) is 10.9. The second-order valence-corrected chi connectivity index (χ2v) is 7.87. The molecule has 0 aromatic heterocycles. The van der Waals surface area contributed by atoms with Crippen LogP contribution in [0.3, 0.4) is 0 Å². The summed E-state index contributed by atoms with van der Waals surface area (Å²) in [5.41, 5.74) is 1.30. The lowest BCUT2D eigenvalue weighted by Crippen LogP contribution is -2.36. The van der Waals surface area contributed by atoms with Gasteiger partial charge >= 0.3 is 6.61 Å². The molecule has 2 aromatic carbocycles. The summed E-state index contributed by atoms with van der Waals surface area (Å²) >= 11 is 0. The number of halogens is 2. The summed E-state index contributed by atoms with van der Waals surface area (Å²) in [5.74, 6) is 0.968. The highest BCUT2D eigenvalue weighted by molar-refractivity contribution is 7.89. The van der Waals surface area contributed by atoms with Gasteiger partial charge < -0.3 is 20.1 Å². The van der Waals surface area contributed by atoms with Crippen molar-refractivity contribution >= 4 is 16.0 Å². The first kappa shape index (κ1) is 23.4. The SMILES string of the molecule is CN=C(NCc1ccc(S(=O)(=O)NC)cc1)NCc1cc(OC)ccc1OC(F)F. The highest BCUT2D eigenvalue weighted by Crippen LogP contribution is 2.25. The molecule has 164 valence electrons. The Hall–Kier alpha value is -2.92. The minimum Gasteiger partial charge on any atom is -0.497 e. The van der Waals surface area contributed by atoms with E-state index >= 15 is 0 Å². The van der Waals surface area contributed by atoms with Crippen molar-refractivity contribution in [1.82, 2.24) is 15.4 Å². The van der Waals surface area contributed by atoms with Crippen LogP contribution < -0.4 is 24.8 Å². The van der Waals surface area contributed by atoms with Crippen LogP contribution in [-0.4, -0.2) is 42.2 Å². The van der Waals surface area contributed by atoms with E-state index in [1.54, 1.807) is 25.2 Å². The highest BCUT2D eigenvalue weighted by atomic mass is 32.2. The Morgan fingerprint density at radius 3 is 2.33 bits per heavy atom. The molecule has 0 saturated carbocycles. The zero-order valence-corrected chi connectivity index (χ0v) is 17.6. The number of nitrogens with zero attached hydrogens (tertiary/aromatic N) is 1. The average Bonchev–Trinajstić information content (AvgIpc) is 2.74. The van der Waals surface area contributed by atoms with Crippen molar-refractivity contribution in [2.24, 2.45) is 4.99 Å². The normalized spacial score (nSPS) is 12.0. The molecule has 2 rings (SSSR count). The Kier molecular flexibility index (Phi) is 8.36. The van der Waals surface area contributed by atoms with Gasteiger partial charge in [-0.3, -0.25) is 4.99 Å². The van der Waals surface area contributed by atoms with Gasteiger partial charge in [0.25, 0.3) is 0 Å². The van der Waals surface area contributed by atoms with E-state index in [4.69, 9.17) is 4.74 Å². The Balaban J connectivity index is 2.00. The predicted molar refractivity (Wildman–Crippen MR) is 109 cm³/mol. The second kappa shape index (κ2) is 10.7. The maximum Gasteiger partial charge on any atom is 0.387 e. The fraction of sp³-hybridized carbons (Fsp3) is 0.316. The summed E-state index contributed by atoms with van der Waals surface area (Å²) in [7, 11) is 0.906. The van der Waals surface area contributed by atoms with Crippen LogP contribution in [0.4, 0.5) is 8.78 Å². The van der Waals surface area contributed by atoms with Crippen molar-refractivity contribution in [1.29, 1.82) is 0 Å². The van der Waals surface area contributed by atoms with E-state index in [2.05, 4.69) is 25.1 Å². The summed E-state index contributed by atoms with van der Waals surface area (Å²) in [6.07, 6.45) is 0. The monoisotopic (exact) mass is 442 g/mol. The van der Waals surface area contributed by atoms with Crippen LogP contribution >= 0.6 is 0 Å². The maximum atomic E-state index is 12.6. The van der Waals surface area contributed by atoms with Crippen molar-refractivity contribution in [2.45, 2.75) is 24.6 Å². The lowest BCUT2D eigenvalue weighted by molar-refractivity contribution is -0.0505. The van der Waals surface area contributed by atoms with Crippen molar-refractivity contribution in [3.05, 3.63) is 53.6 Å². The first-order valence-corrected chi connectivity index (χ1v) is 10.4. The maximum absolute atomic E-state index is 12.6. The van der Waals surface area contributed by atoms with Gasteiger partial charge in [0.15, 0.2) is 5.96 Å². The third kappa shape index (κ3) is 6.56. The number of alkyl halides is 2. The average molecular weight is 442 g/mol. The Morgan fingerprint density at radius 2 is 1.77 bits per heavy atom. The first-order chi connectivity index (χ1) is 14.3. The van der Waals surface area contributed by atoms with Crippen molar-refractivity contribution in [2.75, 3.05) is 21.2 Å². The molecule has 0 saturated heterocycles. The molecule has 0 unspecified atom stereocenters. The van der Waals surface area contributed by atoms with Crippen molar-refractivity contribution in [3.63, 3.8) is 0 Å². The number of rotatable bonds is 9. The number of sulfonamides is 1. The lowest BCUT2D eigenvalue weighted by atomic mass is 10.2. The molecule has 0 spiro atoms. The molecule has 0 bridgehead atoms. The fourth-order valence-electron chi connectivity index (χ4n) is 2.52. The van der Waals surface area contributed by atoms with Gasteiger partial charge in [0.05, 0.1) is 12.0 Å². The van der Waals surface area contributed by atoms with Gasteiger partial charge in [-0.1, -0.05) is 12.1 Å². The molecule has 30 heavy (non-hydrogen) atoms. The summed E-state index contributed by atoms with van der Waals surface area (Å²) in [4.78, 5) is 4.26. The number of aliphatic imine (C=N–C) groups is 1. The number of benzene rings is 2. The molecule has 0 fully saturated rings. The summed E-state index contributed by atoms with van der Waals surface area (Å²) in [5, 5.41) is 6.09. The first-order valence-electron chi connectivity index (χ1n) is 8.87. The molecule has 3 N–H and O–H groups in total. The number of hydrogen-bond donors (Lipinski definition) is 3. The zero-order chi connectivity index (χ0) is 22.1. The summed E-state index contributed by atoms with van der Waals surface area (Å²) in [6.45, 7) is -2.40. The number of nitrogens with one attached hydrogen (secondary N) is 3. The minimum absolute atomic E-state index is 0.0371. The van der Waals surface area contributed by atoms with E-state index in [1.165, 1.54) is 38.4 Å². The molecule has 0 aliphatic heterocycles. The Bertz CT molecular complexity index is 967. The van der Waals surface area contributed by atoms with Crippen LogP contribution in [0, 0.1) is 0 Å². The van der Waals surface area contributed by atoms with E-state index in [0.717, 1.165) is 5.56 Å². The molecule has 2 aromatic rings. The molecule has 8 nitrogen and oxygen atoms in total. The van der Waals surface area contributed by atoms with Crippen LogP contribution in [0.15, 0.2) is 52.4 Å².